The van der Waals surface area contributed by atoms with E-state index < -0.39 is 10.4 Å². The molecule has 0 spiro atoms. The number of aliphatic hydroxyl groups is 1. The Morgan fingerprint density at radius 2 is 0.850 bits per heavy atom. The average Bonchev–Trinajstić information content (AvgIpc) is 2.87. The van der Waals surface area contributed by atoms with E-state index in [0.717, 1.165) is 6.61 Å². The molecule has 0 saturated carbocycles. The van der Waals surface area contributed by atoms with Crippen LogP contribution in [0.25, 0.3) is 0 Å². The first-order chi connectivity index (χ1) is 18.3. The van der Waals surface area contributed by atoms with E-state index in [0.29, 0.717) is 105 Å². The Morgan fingerprint density at radius 3 is 1.10 bits per heavy atom. The number of unbranched alkanes of at least 4 members (excludes halogenated alkanes) is 1. The maximum atomic E-state index is 8.55. The number of rotatable bonds is 29. The van der Waals surface area contributed by atoms with Gasteiger partial charge in [-0.2, -0.15) is 0 Å². The Hall–Kier alpha value is 1.51. The quantitative estimate of drug-likeness (QED) is 0.0363. The first-order valence-electron chi connectivity index (χ1n) is 13.2. The Bertz CT molecular complexity index is 541. The van der Waals surface area contributed by atoms with Crippen molar-refractivity contribution in [2.24, 2.45) is 5.92 Å². The van der Waals surface area contributed by atoms with E-state index in [9.17, 15) is 0 Å². The first kappa shape index (κ1) is 48.4. The van der Waals surface area contributed by atoms with Gasteiger partial charge in [0.2, 0.25) is 0 Å². The van der Waals surface area contributed by atoms with Crippen molar-refractivity contribution in [2.75, 3.05) is 112 Å². The van der Waals surface area contributed by atoms with Crippen LogP contribution >= 0.6 is 0 Å². The molecule has 13 nitrogen and oxygen atoms in total. The van der Waals surface area contributed by atoms with E-state index in [1.54, 1.807) is 0 Å². The van der Waals surface area contributed by atoms with Crippen molar-refractivity contribution in [3.8, 4) is 0 Å². The van der Waals surface area contributed by atoms with E-state index in [1.807, 2.05) is 0 Å². The summed E-state index contributed by atoms with van der Waals surface area (Å²) in [6.07, 6.45) is 4.96. The van der Waals surface area contributed by atoms with Crippen molar-refractivity contribution in [3.05, 3.63) is 0 Å². The first-order valence-corrected chi connectivity index (χ1v) is 14.6. The predicted octanol–water partition coefficient (Wildman–Crippen LogP) is -5.00. The summed E-state index contributed by atoms with van der Waals surface area (Å²) in [5.74, 6) is 0.673. The molecule has 232 valence electrons. The Labute approximate surface area is 285 Å². The fourth-order valence-corrected chi connectivity index (χ4v) is 2.75. The third-order valence-electron chi connectivity index (χ3n) is 4.74. The molecule has 0 fully saturated rings. The molecule has 1 N–H and O–H groups in total. The summed E-state index contributed by atoms with van der Waals surface area (Å²) in [6, 6.07) is 0. The maximum Gasteiger partial charge on any atom is 1.00 e. The standard InChI is InChI=1S/C24H50O9.2Na.H2O4S/c1-3-5-6-24(4-2)23-33-22-21-32-20-19-31-18-17-30-16-15-29-14-13-28-12-11-27-10-9-26-8-7-25;;;1-5(2,3)4/h24-25H,3-23H2,1-2H3;;;(H2,1,2,3,4)/q;2*+1;/p-2. The zero-order valence-electron chi connectivity index (χ0n) is 25.2. The summed E-state index contributed by atoms with van der Waals surface area (Å²) in [4.78, 5) is 0. The summed E-state index contributed by atoms with van der Waals surface area (Å²) in [7, 11) is -5.17. The van der Waals surface area contributed by atoms with Gasteiger partial charge >= 0.3 is 59.1 Å². The van der Waals surface area contributed by atoms with Gasteiger partial charge in [0.1, 0.15) is 0 Å². The third-order valence-corrected chi connectivity index (χ3v) is 4.74. The summed E-state index contributed by atoms with van der Waals surface area (Å²) < 4.78 is 77.5. The van der Waals surface area contributed by atoms with Gasteiger partial charge in [-0.1, -0.05) is 33.1 Å². The Kier molecular flexibility index (Phi) is 49.0. The maximum absolute atomic E-state index is 8.55. The van der Waals surface area contributed by atoms with Crippen LogP contribution in [-0.2, 0) is 48.3 Å². The van der Waals surface area contributed by atoms with Gasteiger partial charge < -0.3 is 52.1 Å². The molecule has 0 aromatic heterocycles. The van der Waals surface area contributed by atoms with Crippen LogP contribution in [0.3, 0.4) is 0 Å². The SMILES string of the molecule is CCCCC(CC)COCCOCCOCCOCCOCCOCCOCCOCCO.O=S(=O)([O-])[O-].[Na+].[Na+]. The largest absolute Gasteiger partial charge is 1.00 e. The van der Waals surface area contributed by atoms with E-state index in [1.165, 1.54) is 25.7 Å². The van der Waals surface area contributed by atoms with E-state index in [2.05, 4.69) is 13.8 Å². The number of aliphatic hydroxyl groups excluding tert-OH is 1. The third kappa shape index (κ3) is 52.2. The van der Waals surface area contributed by atoms with Crippen molar-refractivity contribution in [2.45, 2.75) is 39.5 Å². The predicted molar refractivity (Wildman–Crippen MR) is 137 cm³/mol. The average molecular weight is 625 g/mol. The molecule has 0 amide bonds. The van der Waals surface area contributed by atoms with Crippen LogP contribution in [-0.4, -0.2) is 135 Å². The molecule has 0 rings (SSSR count). The molecule has 0 saturated heterocycles. The minimum absolute atomic E-state index is 0. The van der Waals surface area contributed by atoms with Crippen molar-refractivity contribution < 1.29 is 120 Å². The molecule has 0 aliphatic carbocycles. The molecular formula is C24H50Na2O13S. The second-order valence-electron chi connectivity index (χ2n) is 7.91. The number of ether oxygens (including phenoxy) is 8. The van der Waals surface area contributed by atoms with Crippen LogP contribution < -0.4 is 59.1 Å². The molecule has 0 aliphatic heterocycles. The van der Waals surface area contributed by atoms with Crippen LogP contribution in [0.2, 0.25) is 0 Å². The smallest absolute Gasteiger partial charge is 0.759 e. The Balaban J connectivity index is -0.000000843. The van der Waals surface area contributed by atoms with Crippen molar-refractivity contribution in [1.29, 1.82) is 0 Å². The molecule has 1 unspecified atom stereocenters. The van der Waals surface area contributed by atoms with Crippen LogP contribution in [0.15, 0.2) is 0 Å². The van der Waals surface area contributed by atoms with Gasteiger partial charge in [0.15, 0.2) is 0 Å². The molecule has 0 aromatic carbocycles. The fraction of sp³-hybridized carbons (Fsp3) is 1.00. The normalized spacial score (nSPS) is 11.7. The second-order valence-corrected chi connectivity index (χ2v) is 8.73. The van der Waals surface area contributed by atoms with Crippen molar-refractivity contribution >= 4 is 10.4 Å². The molecule has 0 heterocycles. The summed E-state index contributed by atoms with van der Waals surface area (Å²) in [5, 5.41) is 8.55. The van der Waals surface area contributed by atoms with Crippen LogP contribution in [0.1, 0.15) is 39.5 Å². The van der Waals surface area contributed by atoms with E-state index >= 15 is 0 Å². The summed E-state index contributed by atoms with van der Waals surface area (Å²) in [5.41, 5.74) is 0. The molecule has 40 heavy (non-hydrogen) atoms. The molecule has 0 aliphatic rings. The van der Waals surface area contributed by atoms with Crippen LogP contribution in [0, 0.1) is 5.92 Å². The molecule has 0 radical (unpaired) electrons. The van der Waals surface area contributed by atoms with Gasteiger partial charge in [0, 0.05) is 17.0 Å². The van der Waals surface area contributed by atoms with Gasteiger partial charge in [-0.3, -0.25) is 8.42 Å². The van der Waals surface area contributed by atoms with Gasteiger partial charge in [0.25, 0.3) is 0 Å². The summed E-state index contributed by atoms with van der Waals surface area (Å²) >= 11 is 0. The van der Waals surface area contributed by atoms with Gasteiger partial charge in [0.05, 0.1) is 106 Å². The zero-order valence-corrected chi connectivity index (χ0v) is 30.0. The number of hydrogen-bond acceptors (Lipinski definition) is 13. The van der Waals surface area contributed by atoms with Crippen molar-refractivity contribution in [3.63, 3.8) is 0 Å². The van der Waals surface area contributed by atoms with Crippen LogP contribution in [0.4, 0.5) is 0 Å². The molecule has 0 aromatic rings. The minimum atomic E-state index is -5.17. The van der Waals surface area contributed by atoms with Gasteiger partial charge in [-0.15, -0.1) is 0 Å². The van der Waals surface area contributed by atoms with E-state index in [-0.39, 0.29) is 65.7 Å². The molecule has 1 atom stereocenters. The Morgan fingerprint density at radius 1 is 0.575 bits per heavy atom. The van der Waals surface area contributed by atoms with Crippen LogP contribution in [0.5, 0.6) is 0 Å². The summed E-state index contributed by atoms with van der Waals surface area (Å²) in [6.45, 7) is 13.3. The van der Waals surface area contributed by atoms with Gasteiger partial charge in [-0.25, -0.2) is 0 Å². The number of hydrogen-bond donors (Lipinski definition) is 1. The van der Waals surface area contributed by atoms with E-state index in [4.69, 9.17) is 60.5 Å². The molecular weight excluding hydrogens is 574 g/mol. The minimum Gasteiger partial charge on any atom is -0.759 e. The molecule has 16 heteroatoms. The second kappa shape index (κ2) is 40.5. The topological polar surface area (TPSA) is 174 Å². The fourth-order valence-electron chi connectivity index (χ4n) is 2.75. The molecule has 0 bridgehead atoms. The zero-order chi connectivity index (χ0) is 28.6. The monoisotopic (exact) mass is 624 g/mol. The van der Waals surface area contributed by atoms with Crippen molar-refractivity contribution in [1.82, 2.24) is 0 Å². The van der Waals surface area contributed by atoms with Gasteiger partial charge in [-0.05, 0) is 12.3 Å².